The predicted molar refractivity (Wildman–Crippen MR) is 60.3 cm³/mol. The van der Waals surface area contributed by atoms with Crippen LogP contribution in [0.15, 0.2) is 11.6 Å². The Balaban J connectivity index is 4.69. The van der Waals surface area contributed by atoms with Crippen LogP contribution in [-0.4, -0.2) is 11.2 Å². The summed E-state index contributed by atoms with van der Waals surface area (Å²) in [5.41, 5.74) is 0.548. The van der Waals surface area contributed by atoms with E-state index in [1.54, 1.807) is 6.92 Å². The maximum atomic E-state index is 11.0. The van der Waals surface area contributed by atoms with E-state index in [-0.39, 0.29) is 10.8 Å². The second-order valence-corrected chi connectivity index (χ2v) is 5.93. The van der Waals surface area contributed by atoms with Crippen LogP contribution in [0.5, 0.6) is 0 Å². The number of hydrogen-bond acceptors (Lipinski definition) is 3. The Hall–Kier alpha value is -0.830. The molecule has 0 fully saturated rings. The smallest absolute Gasteiger partial charge is 0.296 e. The van der Waals surface area contributed by atoms with Gasteiger partial charge in [-0.1, -0.05) is 40.7 Å². The van der Waals surface area contributed by atoms with E-state index in [1.807, 2.05) is 6.08 Å². The fourth-order valence-electron chi connectivity index (χ4n) is 2.13. The molecule has 0 radical (unpaired) electrons. The zero-order valence-electron chi connectivity index (χ0n) is 10.5. The van der Waals surface area contributed by atoms with E-state index in [2.05, 4.69) is 39.5 Å². The first-order chi connectivity index (χ1) is 6.57. The Labute approximate surface area is 92.1 Å². The lowest BCUT2D eigenvalue weighted by Crippen LogP contribution is -2.20. The van der Waals surface area contributed by atoms with Crippen LogP contribution in [0.3, 0.4) is 0 Å². The third kappa shape index (κ3) is 6.28. The molecule has 0 atom stereocenters. The van der Waals surface area contributed by atoms with Crippen LogP contribution < -0.4 is 0 Å². The fourth-order valence-corrected chi connectivity index (χ4v) is 2.13. The van der Waals surface area contributed by atoms with Gasteiger partial charge in [0.2, 0.25) is 0 Å². The lowest BCUT2D eigenvalue weighted by atomic mass is 9.75. The highest BCUT2D eigenvalue weighted by atomic mass is 17.1. The Morgan fingerprint density at radius 2 is 1.73 bits per heavy atom. The van der Waals surface area contributed by atoms with Crippen molar-refractivity contribution < 1.29 is 14.9 Å². The van der Waals surface area contributed by atoms with E-state index < -0.39 is 5.97 Å². The Kier molecular flexibility index (Phi) is 4.53. The van der Waals surface area contributed by atoms with Gasteiger partial charge in [0, 0.05) is 5.57 Å². The predicted octanol–water partition coefficient (Wildman–Crippen LogP) is 3.41. The Bertz CT molecular complexity index is 257. The summed E-state index contributed by atoms with van der Waals surface area (Å²) in [7, 11) is 0. The SMILES string of the molecule is CC(=CC(C)(C)CC(C)(C)C)C(=O)OO. The monoisotopic (exact) mass is 214 g/mol. The second-order valence-electron chi connectivity index (χ2n) is 5.93. The molecule has 0 aliphatic rings. The van der Waals surface area contributed by atoms with Crippen molar-refractivity contribution in [2.24, 2.45) is 10.8 Å². The molecule has 0 amide bonds. The molecule has 0 heterocycles. The number of carbonyl (C=O) groups excluding carboxylic acids is 1. The summed E-state index contributed by atoms with van der Waals surface area (Å²) in [6.07, 6.45) is 2.80. The Morgan fingerprint density at radius 3 is 2.07 bits per heavy atom. The first-order valence-corrected chi connectivity index (χ1v) is 5.13. The molecule has 0 aliphatic carbocycles. The summed E-state index contributed by atoms with van der Waals surface area (Å²) < 4.78 is 0. The molecular formula is C12H22O3. The summed E-state index contributed by atoms with van der Waals surface area (Å²) >= 11 is 0. The summed E-state index contributed by atoms with van der Waals surface area (Å²) in [4.78, 5) is 14.7. The molecule has 0 bridgehead atoms. The van der Waals surface area contributed by atoms with Gasteiger partial charge in [-0.3, -0.25) is 4.89 Å². The van der Waals surface area contributed by atoms with Crippen LogP contribution in [-0.2, 0) is 9.68 Å². The molecule has 3 nitrogen and oxygen atoms in total. The molecule has 3 heteroatoms. The zero-order valence-corrected chi connectivity index (χ0v) is 10.5. The largest absolute Gasteiger partial charge is 0.368 e. The minimum Gasteiger partial charge on any atom is -0.296 e. The van der Waals surface area contributed by atoms with Gasteiger partial charge in [0.25, 0.3) is 0 Å². The molecule has 15 heavy (non-hydrogen) atoms. The zero-order chi connectivity index (χ0) is 12.3. The molecule has 0 spiro atoms. The van der Waals surface area contributed by atoms with Crippen molar-refractivity contribution in [2.45, 2.75) is 48.0 Å². The van der Waals surface area contributed by atoms with Crippen LogP contribution in [0.4, 0.5) is 0 Å². The average Bonchev–Trinajstić information content (AvgIpc) is 1.96. The average molecular weight is 214 g/mol. The van der Waals surface area contributed by atoms with Gasteiger partial charge in [-0.2, -0.15) is 5.26 Å². The van der Waals surface area contributed by atoms with Gasteiger partial charge in [-0.05, 0) is 24.2 Å². The number of allylic oxidation sites excluding steroid dienone is 1. The highest BCUT2D eigenvalue weighted by Gasteiger charge is 2.24. The van der Waals surface area contributed by atoms with Gasteiger partial charge in [0.05, 0.1) is 0 Å². The third-order valence-electron chi connectivity index (χ3n) is 2.00. The summed E-state index contributed by atoms with van der Waals surface area (Å²) in [6.45, 7) is 12.2. The molecule has 0 aromatic carbocycles. The van der Waals surface area contributed by atoms with E-state index in [4.69, 9.17) is 5.26 Å². The molecule has 0 saturated carbocycles. The third-order valence-corrected chi connectivity index (χ3v) is 2.00. The van der Waals surface area contributed by atoms with Gasteiger partial charge in [-0.25, -0.2) is 4.79 Å². The molecular weight excluding hydrogens is 192 g/mol. The minimum atomic E-state index is -0.683. The van der Waals surface area contributed by atoms with E-state index in [0.29, 0.717) is 5.57 Å². The number of carbonyl (C=O) groups is 1. The van der Waals surface area contributed by atoms with Crippen molar-refractivity contribution in [3.8, 4) is 0 Å². The minimum absolute atomic E-state index is 0.0868. The van der Waals surface area contributed by atoms with E-state index in [1.165, 1.54) is 0 Å². The van der Waals surface area contributed by atoms with Crippen molar-refractivity contribution in [2.75, 3.05) is 0 Å². The normalized spacial score (nSPS) is 13.9. The molecule has 0 saturated heterocycles. The molecule has 0 rings (SSSR count). The molecule has 88 valence electrons. The highest BCUT2D eigenvalue weighted by molar-refractivity contribution is 5.87. The summed E-state index contributed by atoms with van der Waals surface area (Å²) in [5.74, 6) is -0.683. The standard InChI is InChI=1S/C12H22O3/c1-9(10(13)15-14)7-12(5,6)8-11(2,3)4/h7,14H,8H2,1-6H3. The molecule has 0 unspecified atom stereocenters. The second kappa shape index (κ2) is 4.79. The van der Waals surface area contributed by atoms with Crippen LogP contribution in [0, 0.1) is 10.8 Å². The van der Waals surface area contributed by atoms with Crippen LogP contribution in [0.2, 0.25) is 0 Å². The quantitative estimate of drug-likeness (QED) is 0.445. The van der Waals surface area contributed by atoms with Crippen molar-refractivity contribution >= 4 is 5.97 Å². The summed E-state index contributed by atoms with van der Waals surface area (Å²) in [5, 5.41) is 8.24. The summed E-state index contributed by atoms with van der Waals surface area (Å²) in [6, 6.07) is 0. The fraction of sp³-hybridized carbons (Fsp3) is 0.750. The van der Waals surface area contributed by atoms with Crippen molar-refractivity contribution in [1.29, 1.82) is 0 Å². The maximum Gasteiger partial charge on any atom is 0.368 e. The highest BCUT2D eigenvalue weighted by Crippen LogP contribution is 2.34. The Morgan fingerprint density at radius 1 is 1.27 bits per heavy atom. The van der Waals surface area contributed by atoms with E-state index in [0.717, 1.165) is 6.42 Å². The van der Waals surface area contributed by atoms with Crippen molar-refractivity contribution in [1.82, 2.24) is 0 Å². The number of rotatable bonds is 3. The van der Waals surface area contributed by atoms with Crippen LogP contribution in [0.1, 0.15) is 48.0 Å². The first-order valence-electron chi connectivity index (χ1n) is 5.13. The van der Waals surface area contributed by atoms with Crippen molar-refractivity contribution in [3.05, 3.63) is 11.6 Å². The molecule has 0 aromatic rings. The van der Waals surface area contributed by atoms with Crippen molar-refractivity contribution in [3.63, 3.8) is 0 Å². The van der Waals surface area contributed by atoms with Gasteiger partial charge < -0.3 is 0 Å². The van der Waals surface area contributed by atoms with E-state index in [9.17, 15) is 4.79 Å². The molecule has 0 aromatic heterocycles. The first kappa shape index (κ1) is 14.2. The molecule has 0 aliphatic heterocycles. The van der Waals surface area contributed by atoms with Crippen LogP contribution >= 0.6 is 0 Å². The number of hydrogen-bond donors (Lipinski definition) is 1. The van der Waals surface area contributed by atoms with Crippen LogP contribution in [0.25, 0.3) is 0 Å². The lowest BCUT2D eigenvalue weighted by molar-refractivity contribution is -0.229. The van der Waals surface area contributed by atoms with Gasteiger partial charge in [-0.15, -0.1) is 0 Å². The van der Waals surface area contributed by atoms with Gasteiger partial charge in [0.15, 0.2) is 0 Å². The molecule has 1 N–H and O–H groups in total. The maximum absolute atomic E-state index is 11.0. The van der Waals surface area contributed by atoms with E-state index >= 15 is 0 Å². The lowest BCUT2D eigenvalue weighted by Gasteiger charge is -2.30. The topological polar surface area (TPSA) is 46.5 Å². The van der Waals surface area contributed by atoms with Gasteiger partial charge in [0.1, 0.15) is 0 Å². The van der Waals surface area contributed by atoms with Gasteiger partial charge >= 0.3 is 5.97 Å².